The van der Waals surface area contributed by atoms with Gasteiger partial charge in [-0.2, -0.15) is 0 Å². The van der Waals surface area contributed by atoms with Gasteiger partial charge >= 0.3 is 0 Å². The van der Waals surface area contributed by atoms with Gasteiger partial charge in [-0.25, -0.2) is 0 Å². The summed E-state index contributed by atoms with van der Waals surface area (Å²) in [6.45, 7) is 4.50. The topological polar surface area (TPSA) is 0 Å². The second kappa shape index (κ2) is 17.0. The standard InChI is InChI=1S/C19H32/c1-3-5-7-9-11-13-15-17-19-18-16-14-12-10-8-6-4-2/h11,13-14,16-18H,3-10,12,15H2,1-2H3/b13-11?,16-14+. The van der Waals surface area contributed by atoms with E-state index in [1.54, 1.807) is 0 Å². The molecule has 0 bridgehead atoms. The van der Waals surface area contributed by atoms with Crippen LogP contribution in [-0.4, -0.2) is 0 Å². The molecule has 0 fully saturated rings. The summed E-state index contributed by atoms with van der Waals surface area (Å²) in [5.41, 5.74) is 3.20. The van der Waals surface area contributed by atoms with Crippen LogP contribution >= 0.6 is 0 Å². The Morgan fingerprint density at radius 3 is 2.21 bits per heavy atom. The van der Waals surface area contributed by atoms with E-state index >= 15 is 0 Å². The summed E-state index contributed by atoms with van der Waals surface area (Å²) in [6.07, 6.45) is 25.8. The summed E-state index contributed by atoms with van der Waals surface area (Å²) in [5, 5.41) is 0. The maximum atomic E-state index is 3.20. The summed E-state index contributed by atoms with van der Waals surface area (Å²) in [7, 11) is 0. The first-order chi connectivity index (χ1) is 9.41. The molecule has 0 unspecified atom stereocenters. The zero-order valence-corrected chi connectivity index (χ0v) is 13.0. The van der Waals surface area contributed by atoms with Crippen molar-refractivity contribution < 1.29 is 0 Å². The molecule has 0 aromatic rings. The molecule has 0 radical (unpaired) electrons. The minimum Gasteiger partial charge on any atom is -0.125 e. The van der Waals surface area contributed by atoms with Crippen LogP contribution in [0.15, 0.2) is 42.2 Å². The molecule has 0 saturated heterocycles. The van der Waals surface area contributed by atoms with Gasteiger partial charge in [0.2, 0.25) is 0 Å². The minimum atomic E-state index is 1.01. The third-order valence-corrected chi connectivity index (χ3v) is 3.07. The highest BCUT2D eigenvalue weighted by molar-refractivity contribution is 5.03. The molecule has 0 heteroatoms. The molecular weight excluding hydrogens is 228 g/mol. The Balaban J connectivity index is 3.43. The van der Waals surface area contributed by atoms with Crippen molar-refractivity contribution in [2.45, 2.75) is 78.1 Å². The van der Waals surface area contributed by atoms with Crippen LogP contribution in [0.2, 0.25) is 0 Å². The zero-order chi connectivity index (χ0) is 14.0. The molecule has 0 aliphatic carbocycles. The van der Waals surface area contributed by atoms with Crippen LogP contribution in [-0.2, 0) is 0 Å². The summed E-state index contributed by atoms with van der Waals surface area (Å²) >= 11 is 0. The van der Waals surface area contributed by atoms with Crippen LogP contribution in [0.3, 0.4) is 0 Å². The molecular formula is C19H32. The van der Waals surface area contributed by atoms with Gasteiger partial charge in [-0.15, -0.1) is 5.73 Å². The quantitative estimate of drug-likeness (QED) is 0.157. The molecule has 108 valence electrons. The Bertz CT molecular complexity index is 274. The van der Waals surface area contributed by atoms with E-state index in [4.69, 9.17) is 0 Å². The van der Waals surface area contributed by atoms with Crippen molar-refractivity contribution in [2.24, 2.45) is 0 Å². The van der Waals surface area contributed by atoms with Gasteiger partial charge in [-0.3, -0.25) is 0 Å². The zero-order valence-electron chi connectivity index (χ0n) is 13.0. The first-order valence-electron chi connectivity index (χ1n) is 8.12. The SMILES string of the molecule is CCCCCC=CCC=C=C/C=C/CCCCCC. The molecule has 0 heterocycles. The van der Waals surface area contributed by atoms with Gasteiger partial charge in [0, 0.05) is 0 Å². The average molecular weight is 260 g/mol. The highest BCUT2D eigenvalue weighted by atomic mass is 13.9. The lowest BCUT2D eigenvalue weighted by atomic mass is 10.1. The Morgan fingerprint density at radius 1 is 0.737 bits per heavy atom. The van der Waals surface area contributed by atoms with Crippen LogP contribution in [0.4, 0.5) is 0 Å². The number of rotatable bonds is 12. The molecule has 0 N–H and O–H groups in total. The smallest absolute Gasteiger partial charge is 0.00929 e. The predicted molar refractivity (Wildman–Crippen MR) is 88.5 cm³/mol. The summed E-state index contributed by atoms with van der Waals surface area (Å²) in [6, 6.07) is 0. The summed E-state index contributed by atoms with van der Waals surface area (Å²) in [5.74, 6) is 0. The van der Waals surface area contributed by atoms with Crippen molar-refractivity contribution in [1.29, 1.82) is 0 Å². The molecule has 0 aliphatic heterocycles. The van der Waals surface area contributed by atoms with Crippen molar-refractivity contribution in [3.8, 4) is 0 Å². The van der Waals surface area contributed by atoms with E-state index in [1.165, 1.54) is 57.8 Å². The molecule has 0 rings (SSSR count). The average Bonchev–Trinajstić information content (AvgIpc) is 2.43. The van der Waals surface area contributed by atoms with Gasteiger partial charge < -0.3 is 0 Å². The van der Waals surface area contributed by atoms with Crippen LogP contribution in [0, 0.1) is 0 Å². The molecule has 0 spiro atoms. The second-order valence-corrected chi connectivity index (χ2v) is 5.02. The molecule has 0 nitrogen and oxygen atoms in total. The second-order valence-electron chi connectivity index (χ2n) is 5.02. The van der Waals surface area contributed by atoms with Gasteiger partial charge in [-0.05, 0) is 44.3 Å². The van der Waals surface area contributed by atoms with E-state index in [1.807, 2.05) is 6.08 Å². The first kappa shape index (κ1) is 18.0. The van der Waals surface area contributed by atoms with Crippen molar-refractivity contribution in [1.82, 2.24) is 0 Å². The third-order valence-electron chi connectivity index (χ3n) is 3.07. The summed E-state index contributed by atoms with van der Waals surface area (Å²) < 4.78 is 0. The monoisotopic (exact) mass is 260 g/mol. The van der Waals surface area contributed by atoms with Crippen molar-refractivity contribution in [3.05, 3.63) is 42.2 Å². The lowest BCUT2D eigenvalue weighted by Crippen LogP contribution is -1.72. The van der Waals surface area contributed by atoms with Crippen LogP contribution < -0.4 is 0 Å². The molecule has 19 heavy (non-hydrogen) atoms. The highest BCUT2D eigenvalue weighted by Crippen LogP contribution is 2.02. The van der Waals surface area contributed by atoms with E-state index in [2.05, 4.69) is 50.0 Å². The fraction of sp³-hybridized carbons (Fsp3) is 0.632. The number of hydrogen-bond acceptors (Lipinski definition) is 0. The van der Waals surface area contributed by atoms with Gasteiger partial charge in [0.05, 0.1) is 0 Å². The number of allylic oxidation sites excluding steroid dienone is 5. The van der Waals surface area contributed by atoms with Crippen LogP contribution in [0.1, 0.15) is 78.1 Å². The fourth-order valence-electron chi connectivity index (χ4n) is 1.84. The van der Waals surface area contributed by atoms with Gasteiger partial charge in [0.1, 0.15) is 0 Å². The Kier molecular flexibility index (Phi) is 16.1. The maximum absolute atomic E-state index is 3.20. The Labute approximate surface area is 121 Å². The van der Waals surface area contributed by atoms with E-state index in [0.717, 1.165) is 6.42 Å². The molecule has 0 aliphatic rings. The largest absolute Gasteiger partial charge is 0.125 e. The van der Waals surface area contributed by atoms with E-state index in [0.29, 0.717) is 0 Å². The first-order valence-corrected chi connectivity index (χ1v) is 8.12. The molecule has 0 aromatic carbocycles. The molecule has 0 aromatic heterocycles. The molecule has 0 atom stereocenters. The number of unbranched alkanes of at least 4 members (excludes halogenated alkanes) is 7. The highest BCUT2D eigenvalue weighted by Gasteiger charge is 1.83. The maximum Gasteiger partial charge on any atom is -0.00929 e. The van der Waals surface area contributed by atoms with Crippen molar-refractivity contribution in [3.63, 3.8) is 0 Å². The van der Waals surface area contributed by atoms with Crippen molar-refractivity contribution in [2.75, 3.05) is 0 Å². The Morgan fingerprint density at radius 2 is 1.42 bits per heavy atom. The molecule has 0 amide bonds. The predicted octanol–water partition coefficient (Wildman–Crippen LogP) is 6.75. The summed E-state index contributed by atoms with van der Waals surface area (Å²) in [4.78, 5) is 0. The Hall–Kier alpha value is -1.00. The number of hydrogen-bond donors (Lipinski definition) is 0. The normalized spacial score (nSPS) is 11.1. The van der Waals surface area contributed by atoms with Gasteiger partial charge in [-0.1, -0.05) is 70.3 Å². The van der Waals surface area contributed by atoms with Crippen molar-refractivity contribution >= 4 is 0 Å². The lowest BCUT2D eigenvalue weighted by Gasteiger charge is -1.92. The van der Waals surface area contributed by atoms with Crippen LogP contribution in [0.5, 0.6) is 0 Å². The van der Waals surface area contributed by atoms with Gasteiger partial charge in [0.15, 0.2) is 0 Å². The van der Waals surface area contributed by atoms with Gasteiger partial charge in [0.25, 0.3) is 0 Å². The van der Waals surface area contributed by atoms with E-state index in [9.17, 15) is 0 Å². The van der Waals surface area contributed by atoms with Crippen LogP contribution in [0.25, 0.3) is 0 Å². The molecule has 0 saturated carbocycles. The van der Waals surface area contributed by atoms with E-state index in [-0.39, 0.29) is 0 Å². The third kappa shape index (κ3) is 17.0. The minimum absolute atomic E-state index is 1.01. The lowest BCUT2D eigenvalue weighted by molar-refractivity contribution is 0.674. The van der Waals surface area contributed by atoms with E-state index < -0.39 is 0 Å². The fourth-order valence-corrected chi connectivity index (χ4v) is 1.84.